The Morgan fingerprint density at radius 3 is 2.95 bits per heavy atom. The van der Waals surface area contributed by atoms with E-state index >= 15 is 0 Å². The lowest BCUT2D eigenvalue weighted by Gasteiger charge is -2.29. The van der Waals surface area contributed by atoms with Gasteiger partial charge in [0.25, 0.3) is 0 Å². The van der Waals surface area contributed by atoms with Gasteiger partial charge in [0.1, 0.15) is 0 Å². The molecule has 2 aromatic rings. The van der Waals surface area contributed by atoms with Crippen LogP contribution in [0.15, 0.2) is 29.6 Å². The van der Waals surface area contributed by atoms with Crippen LogP contribution in [0.2, 0.25) is 0 Å². The van der Waals surface area contributed by atoms with Crippen molar-refractivity contribution in [3.63, 3.8) is 0 Å². The molecular formula is C18H24N2OS. The van der Waals surface area contributed by atoms with Crippen LogP contribution in [0.25, 0.3) is 0 Å². The normalized spacial score (nSPS) is 17.1. The molecule has 0 amide bonds. The Morgan fingerprint density at radius 2 is 2.18 bits per heavy atom. The molecule has 0 fully saturated rings. The Bertz CT molecular complexity index is 611. The minimum Gasteiger partial charge on any atom is -0.395 e. The van der Waals surface area contributed by atoms with Gasteiger partial charge in [-0.2, -0.15) is 0 Å². The average Bonchev–Trinajstić information content (AvgIpc) is 3.13. The number of aryl methyl sites for hydroxylation is 3. The van der Waals surface area contributed by atoms with Crippen LogP contribution in [0.3, 0.4) is 0 Å². The highest BCUT2D eigenvalue weighted by Gasteiger charge is 2.26. The fourth-order valence-electron chi connectivity index (χ4n) is 3.45. The molecule has 0 saturated carbocycles. The quantitative estimate of drug-likeness (QED) is 0.851. The number of rotatable bonds is 7. The molecule has 1 aromatic heterocycles. The molecule has 22 heavy (non-hydrogen) atoms. The number of fused-ring (bicyclic) bond motifs is 1. The lowest BCUT2D eigenvalue weighted by atomic mass is 10.1. The second-order valence-electron chi connectivity index (χ2n) is 5.97. The second-order valence-corrected chi connectivity index (χ2v) is 7.04. The van der Waals surface area contributed by atoms with Crippen molar-refractivity contribution < 1.29 is 5.11 Å². The third kappa shape index (κ3) is 3.57. The van der Waals surface area contributed by atoms with E-state index in [4.69, 9.17) is 0 Å². The summed E-state index contributed by atoms with van der Waals surface area (Å²) >= 11 is 1.72. The van der Waals surface area contributed by atoms with Gasteiger partial charge in [0.05, 0.1) is 17.3 Å². The first-order chi connectivity index (χ1) is 10.8. The molecular weight excluding hydrogens is 292 g/mol. The standard InChI is InChI=1S/C18H24N2OS/c1-14-19-16(13-22-14)6-4-10-20(11-12-21)18-9-8-15-5-2-3-7-17(15)18/h2-3,5,7,13,18,21H,4,6,8-12H2,1H3. The second kappa shape index (κ2) is 7.36. The van der Waals surface area contributed by atoms with Crippen molar-refractivity contribution in [1.82, 2.24) is 9.88 Å². The van der Waals surface area contributed by atoms with Gasteiger partial charge in [0, 0.05) is 18.0 Å². The van der Waals surface area contributed by atoms with Crippen LogP contribution in [0.4, 0.5) is 0 Å². The molecule has 1 aromatic carbocycles. The molecule has 4 heteroatoms. The molecule has 0 bridgehead atoms. The summed E-state index contributed by atoms with van der Waals surface area (Å²) in [6.07, 6.45) is 4.46. The van der Waals surface area contributed by atoms with Crippen molar-refractivity contribution in [2.75, 3.05) is 19.7 Å². The Balaban J connectivity index is 1.61. The number of aliphatic hydroxyl groups excluding tert-OH is 1. The van der Waals surface area contributed by atoms with Gasteiger partial charge >= 0.3 is 0 Å². The summed E-state index contributed by atoms with van der Waals surface area (Å²) in [5.74, 6) is 0. The van der Waals surface area contributed by atoms with Crippen LogP contribution in [0.5, 0.6) is 0 Å². The number of hydrogen-bond donors (Lipinski definition) is 1. The van der Waals surface area contributed by atoms with Crippen LogP contribution >= 0.6 is 11.3 Å². The smallest absolute Gasteiger partial charge is 0.0897 e. The Kier molecular flexibility index (Phi) is 5.24. The van der Waals surface area contributed by atoms with Gasteiger partial charge in [-0.3, -0.25) is 4.90 Å². The third-order valence-corrected chi connectivity index (χ3v) is 5.30. The summed E-state index contributed by atoms with van der Waals surface area (Å²) < 4.78 is 0. The first-order valence-electron chi connectivity index (χ1n) is 8.11. The summed E-state index contributed by atoms with van der Waals surface area (Å²) in [4.78, 5) is 6.99. The number of benzene rings is 1. The van der Waals surface area contributed by atoms with Crippen molar-refractivity contribution in [3.05, 3.63) is 51.5 Å². The first kappa shape index (κ1) is 15.7. The lowest BCUT2D eigenvalue weighted by molar-refractivity contribution is 0.148. The predicted molar refractivity (Wildman–Crippen MR) is 91.3 cm³/mol. The average molecular weight is 316 g/mol. The maximum absolute atomic E-state index is 9.41. The zero-order valence-electron chi connectivity index (χ0n) is 13.2. The predicted octanol–water partition coefficient (Wildman–Crippen LogP) is 3.37. The monoisotopic (exact) mass is 316 g/mol. The van der Waals surface area contributed by atoms with Crippen molar-refractivity contribution >= 4 is 11.3 Å². The van der Waals surface area contributed by atoms with Gasteiger partial charge in [0.15, 0.2) is 0 Å². The van der Waals surface area contributed by atoms with Gasteiger partial charge < -0.3 is 5.11 Å². The molecule has 0 saturated heterocycles. The van der Waals surface area contributed by atoms with E-state index in [2.05, 4.69) is 46.5 Å². The largest absolute Gasteiger partial charge is 0.395 e. The van der Waals surface area contributed by atoms with Crippen LogP contribution in [0.1, 0.15) is 40.7 Å². The molecule has 3 nitrogen and oxygen atoms in total. The Morgan fingerprint density at radius 1 is 1.32 bits per heavy atom. The Hall–Kier alpha value is -1.23. The number of thiazole rings is 1. The van der Waals surface area contributed by atoms with E-state index in [1.807, 2.05) is 0 Å². The molecule has 1 atom stereocenters. The van der Waals surface area contributed by atoms with Crippen LogP contribution in [0, 0.1) is 6.92 Å². The number of aliphatic hydroxyl groups is 1. The number of nitrogens with zero attached hydrogens (tertiary/aromatic N) is 2. The van der Waals surface area contributed by atoms with Crippen LogP contribution in [-0.2, 0) is 12.8 Å². The molecule has 118 valence electrons. The molecule has 0 radical (unpaired) electrons. The van der Waals surface area contributed by atoms with Crippen molar-refractivity contribution in [2.24, 2.45) is 0 Å². The summed E-state index contributed by atoms with van der Waals surface area (Å²) in [5, 5.41) is 12.7. The van der Waals surface area contributed by atoms with Crippen molar-refractivity contribution in [1.29, 1.82) is 0 Å². The van der Waals surface area contributed by atoms with E-state index in [0.29, 0.717) is 6.04 Å². The van der Waals surface area contributed by atoms with Gasteiger partial charge in [-0.05, 0) is 50.3 Å². The summed E-state index contributed by atoms with van der Waals surface area (Å²) in [7, 11) is 0. The van der Waals surface area contributed by atoms with E-state index in [0.717, 1.165) is 37.4 Å². The maximum atomic E-state index is 9.41. The Labute approximate surface area is 136 Å². The highest BCUT2D eigenvalue weighted by molar-refractivity contribution is 7.09. The molecule has 1 N–H and O–H groups in total. The van der Waals surface area contributed by atoms with E-state index in [9.17, 15) is 5.11 Å². The van der Waals surface area contributed by atoms with Crippen molar-refractivity contribution in [3.8, 4) is 0 Å². The summed E-state index contributed by atoms with van der Waals surface area (Å²) in [6.45, 7) is 4.07. The topological polar surface area (TPSA) is 36.4 Å². The molecule has 1 heterocycles. The summed E-state index contributed by atoms with van der Waals surface area (Å²) in [6, 6.07) is 9.22. The first-order valence-corrected chi connectivity index (χ1v) is 8.99. The highest BCUT2D eigenvalue weighted by Crippen LogP contribution is 2.35. The molecule has 1 aliphatic carbocycles. The molecule has 0 aliphatic heterocycles. The van der Waals surface area contributed by atoms with Gasteiger partial charge in [-0.15, -0.1) is 11.3 Å². The summed E-state index contributed by atoms with van der Waals surface area (Å²) in [5.41, 5.74) is 4.14. The minimum atomic E-state index is 0.231. The molecule has 1 aliphatic rings. The van der Waals surface area contributed by atoms with E-state index in [-0.39, 0.29) is 6.61 Å². The van der Waals surface area contributed by atoms with E-state index in [1.54, 1.807) is 11.3 Å². The highest BCUT2D eigenvalue weighted by atomic mass is 32.1. The number of hydrogen-bond acceptors (Lipinski definition) is 4. The fraction of sp³-hybridized carbons (Fsp3) is 0.500. The maximum Gasteiger partial charge on any atom is 0.0897 e. The number of aromatic nitrogens is 1. The zero-order chi connectivity index (χ0) is 15.4. The molecule has 0 spiro atoms. The van der Waals surface area contributed by atoms with Crippen molar-refractivity contribution in [2.45, 2.75) is 38.6 Å². The minimum absolute atomic E-state index is 0.231. The van der Waals surface area contributed by atoms with Crippen LogP contribution in [-0.4, -0.2) is 34.7 Å². The third-order valence-electron chi connectivity index (χ3n) is 4.47. The SMILES string of the molecule is Cc1nc(CCCN(CCO)C2CCc3ccccc32)cs1. The van der Waals surface area contributed by atoms with E-state index in [1.165, 1.54) is 23.2 Å². The fourth-order valence-corrected chi connectivity index (χ4v) is 4.10. The van der Waals surface area contributed by atoms with Gasteiger partial charge in [-0.25, -0.2) is 4.98 Å². The van der Waals surface area contributed by atoms with Gasteiger partial charge in [-0.1, -0.05) is 24.3 Å². The lowest BCUT2D eigenvalue weighted by Crippen LogP contribution is -2.31. The molecule has 3 rings (SSSR count). The van der Waals surface area contributed by atoms with Crippen LogP contribution < -0.4 is 0 Å². The van der Waals surface area contributed by atoms with Gasteiger partial charge in [0.2, 0.25) is 0 Å². The molecule has 1 unspecified atom stereocenters. The zero-order valence-corrected chi connectivity index (χ0v) is 14.0. The van der Waals surface area contributed by atoms with E-state index < -0.39 is 0 Å².